The largest absolute Gasteiger partial charge is 0.375 e. The van der Waals surface area contributed by atoms with E-state index in [0.717, 1.165) is 38.0 Å². The zero-order valence-corrected chi connectivity index (χ0v) is 21.3. The average Bonchev–Trinajstić information content (AvgIpc) is 2.71. The van der Waals surface area contributed by atoms with Crippen molar-refractivity contribution in [3.8, 4) is 0 Å². The van der Waals surface area contributed by atoms with Crippen molar-refractivity contribution in [3.63, 3.8) is 0 Å². The van der Waals surface area contributed by atoms with E-state index in [4.69, 9.17) is 0 Å². The molecule has 1 nitrogen and oxygen atoms in total. The lowest BCUT2D eigenvalue weighted by molar-refractivity contribution is 0.411. The highest BCUT2D eigenvalue weighted by Crippen LogP contribution is 2.33. The molecule has 0 aromatic heterocycles. The molecule has 30 heavy (non-hydrogen) atoms. The van der Waals surface area contributed by atoms with Gasteiger partial charge >= 0.3 is 0 Å². The molecule has 0 aliphatic heterocycles. The Morgan fingerprint density at radius 3 is 2.40 bits per heavy atom. The summed E-state index contributed by atoms with van der Waals surface area (Å²) in [5, 5.41) is 0. The van der Waals surface area contributed by atoms with E-state index in [-0.39, 0.29) is 0 Å². The Hall–Kier alpha value is -1.41. The lowest BCUT2D eigenvalue weighted by Gasteiger charge is -2.26. The Morgan fingerprint density at radius 2 is 1.73 bits per heavy atom. The van der Waals surface area contributed by atoms with E-state index < -0.39 is 0 Å². The van der Waals surface area contributed by atoms with Gasteiger partial charge in [0.2, 0.25) is 0 Å². The molecule has 0 atom stereocenters. The summed E-state index contributed by atoms with van der Waals surface area (Å²) < 4.78 is 0. The third kappa shape index (κ3) is 11.1. The van der Waals surface area contributed by atoms with Crippen molar-refractivity contribution in [2.75, 3.05) is 19.3 Å². The maximum absolute atomic E-state index is 4.41. The van der Waals surface area contributed by atoms with Crippen LogP contribution in [0.4, 0.5) is 0 Å². The smallest absolute Gasteiger partial charge is 0.0334 e. The van der Waals surface area contributed by atoms with Gasteiger partial charge in [0.15, 0.2) is 0 Å². The van der Waals surface area contributed by atoms with Gasteiger partial charge in [0.1, 0.15) is 0 Å². The molecule has 0 aromatic carbocycles. The number of rotatable bonds is 14. The topological polar surface area (TPSA) is 3.24 Å². The Morgan fingerprint density at radius 1 is 1.07 bits per heavy atom. The highest BCUT2D eigenvalue weighted by atomic mass is 32.2. The molecule has 0 unspecified atom stereocenters. The van der Waals surface area contributed by atoms with E-state index in [0.29, 0.717) is 0 Å². The Labute approximate surface area is 191 Å². The van der Waals surface area contributed by atoms with Crippen LogP contribution in [0, 0.1) is 0 Å². The number of hydrogen-bond acceptors (Lipinski definition) is 2. The van der Waals surface area contributed by atoms with Crippen LogP contribution in [0.5, 0.6) is 0 Å². The van der Waals surface area contributed by atoms with Crippen molar-refractivity contribution in [3.05, 3.63) is 69.9 Å². The second-order valence-corrected chi connectivity index (χ2v) is 9.84. The summed E-state index contributed by atoms with van der Waals surface area (Å²) in [5.41, 5.74) is 7.09. The molecule has 2 heteroatoms. The zero-order chi connectivity index (χ0) is 22.4. The molecule has 0 spiro atoms. The van der Waals surface area contributed by atoms with Crippen LogP contribution in [-0.4, -0.2) is 24.2 Å². The third-order valence-electron chi connectivity index (χ3n) is 5.58. The van der Waals surface area contributed by atoms with Gasteiger partial charge in [-0.1, -0.05) is 67.0 Å². The molecule has 0 radical (unpaired) electrons. The fourth-order valence-electron chi connectivity index (χ4n) is 3.44. The Bertz CT molecular complexity index is 683. The van der Waals surface area contributed by atoms with Gasteiger partial charge in [-0.3, -0.25) is 0 Å². The first kappa shape index (κ1) is 26.6. The maximum atomic E-state index is 4.41. The van der Waals surface area contributed by atoms with Crippen LogP contribution in [0.15, 0.2) is 69.9 Å². The lowest BCUT2D eigenvalue weighted by Crippen LogP contribution is -2.20. The van der Waals surface area contributed by atoms with Crippen molar-refractivity contribution in [2.45, 2.75) is 86.0 Å². The molecule has 0 saturated carbocycles. The molecule has 0 fully saturated rings. The van der Waals surface area contributed by atoms with Crippen molar-refractivity contribution in [1.82, 2.24) is 4.90 Å². The van der Waals surface area contributed by atoms with Gasteiger partial charge in [-0.25, -0.2) is 0 Å². The highest BCUT2D eigenvalue weighted by molar-refractivity contribution is 8.03. The standard InChI is InChI=1S/C28H45NS/c1-8-9-21-29(7)26(6)27-18-10-11-19-28(27)30-22-20-25(5)17-13-16-24(4)15-12-14-23(2)3/h11,14,16,19-20H,6,8-10,12-13,15,17-18,21-22H2,1-5,7H3/b24-16+,25-20+. The molecular weight excluding hydrogens is 382 g/mol. The summed E-state index contributed by atoms with van der Waals surface area (Å²) in [6.45, 7) is 16.6. The highest BCUT2D eigenvalue weighted by Gasteiger charge is 2.14. The number of hydrogen-bond donors (Lipinski definition) is 0. The molecule has 0 amide bonds. The van der Waals surface area contributed by atoms with Crippen LogP contribution in [-0.2, 0) is 0 Å². The van der Waals surface area contributed by atoms with Gasteiger partial charge in [-0.2, -0.15) is 0 Å². The number of allylic oxidation sites excluding steroid dienone is 8. The van der Waals surface area contributed by atoms with Gasteiger partial charge in [0, 0.05) is 29.9 Å². The van der Waals surface area contributed by atoms with Gasteiger partial charge in [0.25, 0.3) is 0 Å². The van der Waals surface area contributed by atoms with Crippen LogP contribution in [0.2, 0.25) is 0 Å². The molecule has 0 N–H and O–H groups in total. The number of thioether (sulfide) groups is 1. The maximum Gasteiger partial charge on any atom is 0.0334 e. The van der Waals surface area contributed by atoms with E-state index in [1.807, 2.05) is 11.8 Å². The van der Waals surface area contributed by atoms with Crippen LogP contribution in [0.25, 0.3) is 0 Å². The number of likely N-dealkylation sites (N-methyl/N-ethyl adjacent to an activating group) is 1. The molecule has 1 rings (SSSR count). The quantitative estimate of drug-likeness (QED) is 0.254. The molecule has 1 aliphatic carbocycles. The fraction of sp³-hybridized carbons (Fsp3) is 0.571. The first-order valence-electron chi connectivity index (χ1n) is 11.7. The first-order valence-corrected chi connectivity index (χ1v) is 12.7. The van der Waals surface area contributed by atoms with Gasteiger partial charge in [-0.05, 0) is 78.2 Å². The molecule has 0 heterocycles. The second-order valence-electron chi connectivity index (χ2n) is 8.78. The van der Waals surface area contributed by atoms with E-state index in [1.165, 1.54) is 58.6 Å². The van der Waals surface area contributed by atoms with Crippen molar-refractivity contribution in [1.29, 1.82) is 0 Å². The molecule has 1 aliphatic rings. The van der Waals surface area contributed by atoms with E-state index in [2.05, 4.69) is 83.5 Å². The minimum atomic E-state index is 1.05. The molecular formula is C28H45NS. The lowest BCUT2D eigenvalue weighted by atomic mass is 10.0. The minimum Gasteiger partial charge on any atom is -0.375 e. The molecule has 0 bridgehead atoms. The fourth-order valence-corrected chi connectivity index (χ4v) is 4.57. The summed E-state index contributed by atoms with van der Waals surface area (Å²) in [7, 11) is 2.19. The Balaban J connectivity index is 2.52. The van der Waals surface area contributed by atoms with Gasteiger partial charge < -0.3 is 4.90 Å². The van der Waals surface area contributed by atoms with Crippen LogP contribution in [0.1, 0.15) is 86.0 Å². The predicted molar refractivity (Wildman–Crippen MR) is 140 cm³/mol. The van der Waals surface area contributed by atoms with E-state index in [1.54, 1.807) is 0 Å². The Kier molecular flexibility index (Phi) is 13.7. The van der Waals surface area contributed by atoms with Crippen LogP contribution in [0.3, 0.4) is 0 Å². The first-order chi connectivity index (χ1) is 14.3. The summed E-state index contributed by atoms with van der Waals surface area (Å²) in [4.78, 5) is 3.75. The second kappa shape index (κ2) is 15.4. The van der Waals surface area contributed by atoms with Crippen molar-refractivity contribution in [2.24, 2.45) is 0 Å². The number of nitrogens with zero attached hydrogens (tertiary/aromatic N) is 1. The van der Waals surface area contributed by atoms with Crippen molar-refractivity contribution < 1.29 is 0 Å². The summed E-state index contributed by atoms with van der Waals surface area (Å²) in [6, 6.07) is 0. The van der Waals surface area contributed by atoms with E-state index in [9.17, 15) is 0 Å². The minimum absolute atomic E-state index is 1.05. The zero-order valence-electron chi connectivity index (χ0n) is 20.5. The third-order valence-corrected chi connectivity index (χ3v) is 6.60. The SMILES string of the molecule is C=C(C1=C(SC/C=C(\C)CC/C=C(\C)CCC=C(C)C)C=CCC1)N(C)CCCC. The summed E-state index contributed by atoms with van der Waals surface area (Å²) in [5.74, 6) is 1.05. The van der Waals surface area contributed by atoms with Gasteiger partial charge in [0.05, 0.1) is 0 Å². The summed E-state index contributed by atoms with van der Waals surface area (Å²) >= 11 is 1.96. The van der Waals surface area contributed by atoms with Crippen LogP contribution >= 0.6 is 11.8 Å². The summed E-state index contributed by atoms with van der Waals surface area (Å²) in [6.07, 6.45) is 21.2. The van der Waals surface area contributed by atoms with E-state index >= 15 is 0 Å². The monoisotopic (exact) mass is 427 g/mol. The normalized spacial score (nSPS) is 14.9. The molecule has 0 aromatic rings. The average molecular weight is 428 g/mol. The van der Waals surface area contributed by atoms with Crippen LogP contribution < -0.4 is 0 Å². The van der Waals surface area contributed by atoms with Crippen molar-refractivity contribution >= 4 is 11.8 Å². The van der Waals surface area contributed by atoms with Gasteiger partial charge in [-0.15, -0.1) is 11.8 Å². The predicted octanol–water partition coefficient (Wildman–Crippen LogP) is 8.99. The number of unbranched alkanes of at least 4 members (excludes halogenated alkanes) is 1. The molecule has 168 valence electrons. The molecule has 0 saturated heterocycles.